The van der Waals surface area contributed by atoms with Gasteiger partial charge in [0.15, 0.2) is 5.58 Å². The Morgan fingerprint density at radius 2 is 2.00 bits per heavy atom. The number of hydrogen-bond acceptors (Lipinski definition) is 4. The molecule has 0 bridgehead atoms. The van der Waals surface area contributed by atoms with Crippen molar-refractivity contribution in [3.8, 4) is 0 Å². The number of benzene rings is 1. The Kier molecular flexibility index (Phi) is 5.51. The summed E-state index contributed by atoms with van der Waals surface area (Å²) in [5.74, 6) is 1.25. The van der Waals surface area contributed by atoms with Gasteiger partial charge in [0.1, 0.15) is 23.1 Å². The molecule has 3 heterocycles. The van der Waals surface area contributed by atoms with Crippen LogP contribution in [0.3, 0.4) is 0 Å². The van der Waals surface area contributed by atoms with Crippen molar-refractivity contribution >= 4 is 38.5 Å². The fraction of sp³-hybridized carbons (Fsp3) is 0.318. The van der Waals surface area contributed by atoms with Gasteiger partial charge >= 0.3 is 0 Å². The van der Waals surface area contributed by atoms with Crippen molar-refractivity contribution in [1.29, 1.82) is 0 Å². The van der Waals surface area contributed by atoms with Crippen LogP contribution in [0, 0.1) is 6.92 Å². The van der Waals surface area contributed by atoms with Gasteiger partial charge in [0.05, 0.1) is 5.52 Å². The summed E-state index contributed by atoms with van der Waals surface area (Å²) >= 11 is 3.49. The van der Waals surface area contributed by atoms with Gasteiger partial charge in [-0.1, -0.05) is 48.0 Å². The summed E-state index contributed by atoms with van der Waals surface area (Å²) in [5.41, 5.74) is 2.59. The Balaban J connectivity index is 1.72. The molecule has 156 valence electrons. The number of carbonyl (C=O) groups is 1. The molecule has 4 rings (SSSR count). The summed E-state index contributed by atoms with van der Waals surface area (Å²) in [7, 11) is 0. The lowest BCUT2D eigenvalue weighted by molar-refractivity contribution is -0.125. The zero-order valence-corrected chi connectivity index (χ0v) is 18.7. The van der Waals surface area contributed by atoms with Crippen molar-refractivity contribution in [2.45, 2.75) is 46.2 Å². The number of halogens is 1. The van der Waals surface area contributed by atoms with Crippen LogP contribution in [0.5, 0.6) is 0 Å². The number of hydrogen-bond donors (Lipinski definition) is 1. The van der Waals surface area contributed by atoms with Crippen LogP contribution in [0.25, 0.3) is 16.6 Å². The lowest BCUT2D eigenvalue weighted by Crippen LogP contribution is -2.39. The predicted molar refractivity (Wildman–Crippen MR) is 119 cm³/mol. The van der Waals surface area contributed by atoms with Crippen LogP contribution in [0.1, 0.15) is 43.5 Å². The maximum Gasteiger partial charge on any atom is 0.291 e. The molecule has 4 aromatic rings. The van der Waals surface area contributed by atoms with E-state index in [9.17, 15) is 9.59 Å². The second-order valence-corrected chi connectivity index (χ2v) is 8.08. The molecule has 3 aromatic heterocycles. The summed E-state index contributed by atoms with van der Waals surface area (Å²) in [4.78, 5) is 26.2. The second kappa shape index (κ2) is 8.10. The molecule has 0 saturated carbocycles. The van der Waals surface area contributed by atoms with Gasteiger partial charge in [-0.25, -0.2) is 4.68 Å². The Bertz CT molecular complexity index is 1300. The first kappa shape index (κ1) is 20.4. The molecule has 1 N–H and O–H groups in total. The van der Waals surface area contributed by atoms with Crippen molar-refractivity contribution in [3.05, 3.63) is 68.4 Å². The monoisotopic (exact) mass is 470 g/mol. The maximum absolute atomic E-state index is 13.2. The van der Waals surface area contributed by atoms with Crippen LogP contribution in [0.15, 0.2) is 50.1 Å². The van der Waals surface area contributed by atoms with Gasteiger partial charge in [-0.05, 0) is 25.0 Å². The van der Waals surface area contributed by atoms with Gasteiger partial charge in [0, 0.05) is 29.6 Å². The highest BCUT2D eigenvalue weighted by Crippen LogP contribution is 2.24. The van der Waals surface area contributed by atoms with Crippen LogP contribution in [-0.4, -0.2) is 20.1 Å². The Labute approximate surface area is 181 Å². The summed E-state index contributed by atoms with van der Waals surface area (Å²) < 4.78 is 9.77. The maximum atomic E-state index is 13.2. The zero-order valence-electron chi connectivity index (χ0n) is 17.1. The summed E-state index contributed by atoms with van der Waals surface area (Å²) in [5, 5.41) is 7.51. The first-order valence-electron chi connectivity index (χ1n) is 9.99. The van der Waals surface area contributed by atoms with Gasteiger partial charge in [0.2, 0.25) is 5.91 Å². The number of amides is 1. The summed E-state index contributed by atoms with van der Waals surface area (Å²) in [6.07, 6.45) is 1.06. The Morgan fingerprint density at radius 3 is 2.70 bits per heavy atom. The third-order valence-electron chi connectivity index (χ3n) is 5.23. The average molecular weight is 471 g/mol. The lowest BCUT2D eigenvalue weighted by atomic mass is 10.2. The largest absolute Gasteiger partial charge is 0.460 e. The predicted octanol–water partition coefficient (Wildman–Crippen LogP) is 4.14. The summed E-state index contributed by atoms with van der Waals surface area (Å²) in [6.45, 7) is 6.09. The molecule has 0 aliphatic heterocycles. The zero-order chi connectivity index (χ0) is 21.4. The van der Waals surface area contributed by atoms with Crippen LogP contribution < -0.4 is 10.9 Å². The fourth-order valence-electron chi connectivity index (χ4n) is 3.73. The molecule has 0 spiro atoms. The normalized spacial score (nSPS) is 12.5. The van der Waals surface area contributed by atoms with E-state index in [1.165, 1.54) is 4.68 Å². The molecular weight excluding hydrogens is 448 g/mol. The molecule has 30 heavy (non-hydrogen) atoms. The van der Waals surface area contributed by atoms with E-state index < -0.39 is 6.04 Å². The molecule has 7 nitrogen and oxygen atoms in total. The molecule has 1 atom stereocenters. The fourth-order valence-corrected chi connectivity index (χ4v) is 4.16. The average Bonchev–Trinajstić information content (AvgIpc) is 3.26. The molecule has 0 aliphatic rings. The van der Waals surface area contributed by atoms with E-state index in [1.54, 1.807) is 6.07 Å². The van der Waals surface area contributed by atoms with Crippen LogP contribution in [0.4, 0.5) is 0 Å². The minimum absolute atomic E-state index is 0.236. The molecule has 1 aromatic carbocycles. The van der Waals surface area contributed by atoms with Gasteiger partial charge in [-0.2, -0.15) is 5.10 Å². The number of furan rings is 1. The van der Waals surface area contributed by atoms with Crippen molar-refractivity contribution in [2.75, 3.05) is 0 Å². The van der Waals surface area contributed by atoms with Gasteiger partial charge in [-0.3, -0.25) is 14.0 Å². The molecule has 0 radical (unpaired) electrons. The standard InChI is InChI=1S/C22H23BrN4O3/c1-4-16(21(28)24-12-14-8-6-7-9-15(14)23)27-22(29)18-11-19-17(10-13(3)30-19)26(18)20(5-2)25-27/h6-11,16H,4-5,12H2,1-3H3,(H,24,28). The van der Waals surface area contributed by atoms with Crippen molar-refractivity contribution in [2.24, 2.45) is 0 Å². The van der Waals surface area contributed by atoms with Crippen molar-refractivity contribution in [1.82, 2.24) is 19.5 Å². The van der Waals surface area contributed by atoms with Crippen LogP contribution in [0.2, 0.25) is 0 Å². The van der Waals surface area contributed by atoms with E-state index in [0.29, 0.717) is 36.3 Å². The van der Waals surface area contributed by atoms with Gasteiger partial charge < -0.3 is 9.73 Å². The second-order valence-electron chi connectivity index (χ2n) is 7.22. The molecule has 0 saturated heterocycles. The number of carbonyl (C=O) groups excluding carboxylic acids is 1. The molecule has 1 amide bonds. The van der Waals surface area contributed by atoms with E-state index in [1.807, 2.05) is 55.5 Å². The van der Waals surface area contributed by atoms with E-state index in [2.05, 4.69) is 26.3 Å². The third kappa shape index (κ3) is 3.45. The summed E-state index contributed by atoms with van der Waals surface area (Å²) in [6, 6.07) is 10.6. The number of rotatable bonds is 6. The van der Waals surface area contributed by atoms with Gasteiger partial charge in [-0.15, -0.1) is 0 Å². The molecular formula is C22H23BrN4O3. The Morgan fingerprint density at radius 1 is 1.23 bits per heavy atom. The highest BCUT2D eigenvalue weighted by molar-refractivity contribution is 9.10. The Hall–Kier alpha value is -2.87. The molecule has 0 aliphatic carbocycles. The van der Waals surface area contributed by atoms with Crippen molar-refractivity contribution in [3.63, 3.8) is 0 Å². The smallest absolute Gasteiger partial charge is 0.291 e. The third-order valence-corrected chi connectivity index (χ3v) is 6.01. The topological polar surface area (TPSA) is 81.5 Å². The first-order chi connectivity index (χ1) is 14.4. The highest BCUT2D eigenvalue weighted by Gasteiger charge is 2.24. The minimum atomic E-state index is -0.696. The molecule has 0 fully saturated rings. The quantitative estimate of drug-likeness (QED) is 0.458. The number of nitrogens with one attached hydrogen (secondary N) is 1. The molecule has 1 unspecified atom stereocenters. The number of fused-ring (bicyclic) bond motifs is 3. The van der Waals surface area contributed by atoms with E-state index >= 15 is 0 Å². The highest BCUT2D eigenvalue weighted by atomic mass is 79.9. The van der Waals surface area contributed by atoms with E-state index in [0.717, 1.165) is 21.3 Å². The lowest BCUT2D eigenvalue weighted by Gasteiger charge is -2.18. The van der Waals surface area contributed by atoms with Gasteiger partial charge in [0.25, 0.3) is 5.56 Å². The first-order valence-corrected chi connectivity index (χ1v) is 10.8. The van der Waals surface area contributed by atoms with E-state index in [-0.39, 0.29) is 11.5 Å². The van der Waals surface area contributed by atoms with Crippen LogP contribution >= 0.6 is 15.9 Å². The number of nitrogens with zero attached hydrogens (tertiary/aromatic N) is 3. The SMILES string of the molecule is CCc1nn(C(CC)C(=O)NCc2ccccc2Br)c(=O)c2cc3oc(C)cc3n12. The molecule has 8 heteroatoms. The van der Waals surface area contributed by atoms with Crippen molar-refractivity contribution < 1.29 is 9.21 Å². The minimum Gasteiger partial charge on any atom is -0.460 e. The van der Waals surface area contributed by atoms with E-state index in [4.69, 9.17) is 4.42 Å². The van der Waals surface area contributed by atoms with Crippen LogP contribution in [-0.2, 0) is 17.8 Å². The number of aromatic nitrogens is 3. The number of aryl methyl sites for hydroxylation is 2.